The van der Waals surface area contributed by atoms with Crippen molar-refractivity contribution in [3.8, 4) is 0 Å². The molecule has 25 heavy (non-hydrogen) atoms. The largest absolute Gasteiger partial charge is 0.353 e. The molecule has 1 aromatic heterocycles. The summed E-state index contributed by atoms with van der Waals surface area (Å²) in [6.07, 6.45) is 8.20. The van der Waals surface area contributed by atoms with Crippen LogP contribution in [0.4, 0.5) is 5.82 Å². The van der Waals surface area contributed by atoms with E-state index in [0.29, 0.717) is 12.2 Å². The van der Waals surface area contributed by atoms with Crippen LogP contribution in [0.5, 0.6) is 0 Å². The van der Waals surface area contributed by atoms with Gasteiger partial charge in [0, 0.05) is 32.7 Å². The van der Waals surface area contributed by atoms with Gasteiger partial charge >= 0.3 is 0 Å². The van der Waals surface area contributed by atoms with Crippen LogP contribution in [0.2, 0.25) is 0 Å². The second-order valence-corrected chi connectivity index (χ2v) is 6.81. The molecular formula is C19H29N5O. The molecule has 0 spiro atoms. The molecule has 3 rings (SSSR count). The molecule has 2 heterocycles. The molecule has 136 valence electrons. The van der Waals surface area contributed by atoms with Crippen molar-refractivity contribution in [1.29, 1.82) is 0 Å². The third-order valence-electron chi connectivity index (χ3n) is 5.14. The molecule has 1 aliphatic heterocycles. The lowest BCUT2D eigenvalue weighted by atomic mass is 9.97. The molecule has 0 radical (unpaired) electrons. The Morgan fingerprint density at radius 3 is 2.64 bits per heavy atom. The van der Waals surface area contributed by atoms with Crippen LogP contribution in [0.3, 0.4) is 0 Å². The summed E-state index contributed by atoms with van der Waals surface area (Å²) in [7, 11) is 0. The van der Waals surface area contributed by atoms with E-state index in [1.807, 2.05) is 6.07 Å². The number of hydrogen-bond donors (Lipinski definition) is 1. The number of rotatable bonds is 6. The van der Waals surface area contributed by atoms with E-state index in [-0.39, 0.29) is 5.91 Å². The van der Waals surface area contributed by atoms with E-state index in [4.69, 9.17) is 0 Å². The molecule has 6 nitrogen and oxygen atoms in total. The molecule has 1 aliphatic carbocycles. The lowest BCUT2D eigenvalue weighted by Crippen LogP contribution is -2.46. The zero-order chi connectivity index (χ0) is 17.5. The standard InChI is InChI=1S/C19H29N5O/c1-2-23-12-14-24(15-13-23)18-9-8-17(21-22-18)19(25)20-11-10-16-6-4-3-5-7-16/h6,8-9H,2-5,7,10-15H2,1H3,(H,20,25). The highest BCUT2D eigenvalue weighted by Crippen LogP contribution is 2.19. The second kappa shape index (κ2) is 8.94. The first-order valence-electron chi connectivity index (χ1n) is 9.53. The Morgan fingerprint density at radius 2 is 2.00 bits per heavy atom. The number of allylic oxidation sites excluding steroid dienone is 1. The number of carbonyl (C=O) groups is 1. The van der Waals surface area contributed by atoms with Crippen molar-refractivity contribution in [2.24, 2.45) is 0 Å². The molecule has 6 heteroatoms. The highest BCUT2D eigenvalue weighted by molar-refractivity contribution is 5.92. The van der Waals surface area contributed by atoms with Crippen molar-refractivity contribution >= 4 is 11.7 Å². The molecule has 0 aromatic carbocycles. The quantitative estimate of drug-likeness (QED) is 0.803. The van der Waals surface area contributed by atoms with Crippen LogP contribution < -0.4 is 10.2 Å². The van der Waals surface area contributed by atoms with Gasteiger partial charge in [0.15, 0.2) is 11.5 Å². The monoisotopic (exact) mass is 343 g/mol. The maximum absolute atomic E-state index is 12.2. The number of piperazine rings is 1. The highest BCUT2D eigenvalue weighted by Gasteiger charge is 2.17. The van der Waals surface area contributed by atoms with E-state index >= 15 is 0 Å². The van der Waals surface area contributed by atoms with Gasteiger partial charge in [-0.25, -0.2) is 0 Å². The molecule has 0 atom stereocenters. The smallest absolute Gasteiger partial charge is 0.271 e. The number of likely N-dealkylation sites (N-methyl/N-ethyl adjacent to an activating group) is 1. The zero-order valence-electron chi connectivity index (χ0n) is 15.2. The fourth-order valence-electron chi connectivity index (χ4n) is 3.47. The van der Waals surface area contributed by atoms with Crippen LogP contribution in [0, 0.1) is 0 Å². The molecule has 0 saturated carbocycles. The molecular weight excluding hydrogens is 314 g/mol. The van der Waals surface area contributed by atoms with Gasteiger partial charge < -0.3 is 15.1 Å². The summed E-state index contributed by atoms with van der Waals surface area (Å²) in [5.41, 5.74) is 1.87. The fourth-order valence-corrected chi connectivity index (χ4v) is 3.47. The van der Waals surface area contributed by atoms with Gasteiger partial charge in [-0.15, -0.1) is 10.2 Å². The van der Waals surface area contributed by atoms with E-state index in [1.54, 1.807) is 6.07 Å². The second-order valence-electron chi connectivity index (χ2n) is 6.81. The van der Waals surface area contributed by atoms with Crippen molar-refractivity contribution < 1.29 is 4.79 Å². The first-order valence-corrected chi connectivity index (χ1v) is 9.53. The topological polar surface area (TPSA) is 61.4 Å². The summed E-state index contributed by atoms with van der Waals surface area (Å²) in [5, 5.41) is 11.3. The van der Waals surface area contributed by atoms with Gasteiger partial charge in [-0.2, -0.15) is 0 Å². The minimum absolute atomic E-state index is 0.133. The van der Waals surface area contributed by atoms with Crippen molar-refractivity contribution in [1.82, 2.24) is 20.4 Å². The highest BCUT2D eigenvalue weighted by atomic mass is 16.1. The molecule has 1 fully saturated rings. The van der Waals surface area contributed by atoms with Crippen LogP contribution >= 0.6 is 0 Å². The average Bonchev–Trinajstić information content (AvgIpc) is 2.69. The minimum Gasteiger partial charge on any atom is -0.353 e. The number of nitrogens with one attached hydrogen (secondary N) is 1. The third-order valence-corrected chi connectivity index (χ3v) is 5.14. The Bertz CT molecular complexity index is 590. The first-order chi connectivity index (χ1) is 12.3. The number of amides is 1. The lowest BCUT2D eigenvalue weighted by Gasteiger charge is -2.34. The summed E-state index contributed by atoms with van der Waals surface area (Å²) in [5.74, 6) is 0.728. The van der Waals surface area contributed by atoms with Crippen LogP contribution in [-0.2, 0) is 0 Å². The van der Waals surface area contributed by atoms with Crippen LogP contribution in [0.15, 0.2) is 23.8 Å². The lowest BCUT2D eigenvalue weighted by molar-refractivity contribution is 0.0948. The van der Waals surface area contributed by atoms with Crippen molar-refractivity contribution in [2.75, 3.05) is 44.2 Å². The van der Waals surface area contributed by atoms with Gasteiger partial charge in [0.2, 0.25) is 0 Å². The van der Waals surface area contributed by atoms with E-state index in [2.05, 4.69) is 38.3 Å². The third kappa shape index (κ3) is 5.01. The average molecular weight is 343 g/mol. The van der Waals surface area contributed by atoms with Gasteiger partial charge in [-0.05, 0) is 50.8 Å². The molecule has 1 saturated heterocycles. The summed E-state index contributed by atoms with van der Waals surface area (Å²) >= 11 is 0. The molecule has 2 aliphatic rings. The van der Waals surface area contributed by atoms with Crippen molar-refractivity contribution in [2.45, 2.75) is 39.0 Å². The molecule has 0 bridgehead atoms. The normalized spacial score (nSPS) is 18.8. The van der Waals surface area contributed by atoms with E-state index in [0.717, 1.165) is 45.0 Å². The predicted octanol–water partition coefficient (Wildman–Crippen LogP) is 2.24. The van der Waals surface area contributed by atoms with E-state index in [9.17, 15) is 4.79 Å². The predicted molar refractivity (Wildman–Crippen MR) is 99.9 cm³/mol. The number of hydrogen-bond acceptors (Lipinski definition) is 5. The van der Waals surface area contributed by atoms with Crippen LogP contribution in [0.25, 0.3) is 0 Å². The Kier molecular flexibility index (Phi) is 6.39. The zero-order valence-corrected chi connectivity index (χ0v) is 15.2. The molecule has 1 amide bonds. The fraction of sp³-hybridized carbons (Fsp3) is 0.632. The maximum atomic E-state index is 12.2. The van der Waals surface area contributed by atoms with Crippen LogP contribution in [-0.4, -0.2) is 60.3 Å². The SMILES string of the molecule is CCN1CCN(c2ccc(C(=O)NCCC3=CCCCC3)nn2)CC1. The summed E-state index contributed by atoms with van der Waals surface area (Å²) < 4.78 is 0. The van der Waals surface area contributed by atoms with E-state index in [1.165, 1.54) is 31.3 Å². The van der Waals surface area contributed by atoms with Gasteiger partial charge in [-0.3, -0.25) is 4.79 Å². The van der Waals surface area contributed by atoms with Gasteiger partial charge in [0.1, 0.15) is 0 Å². The number of nitrogens with zero attached hydrogens (tertiary/aromatic N) is 4. The number of aromatic nitrogens is 2. The Balaban J connectivity index is 1.46. The molecule has 1 N–H and O–H groups in total. The minimum atomic E-state index is -0.133. The van der Waals surface area contributed by atoms with E-state index < -0.39 is 0 Å². The Labute approximate surface area is 150 Å². The van der Waals surface area contributed by atoms with Gasteiger partial charge in [0.25, 0.3) is 5.91 Å². The number of carbonyl (C=O) groups excluding carboxylic acids is 1. The number of anilines is 1. The van der Waals surface area contributed by atoms with Crippen molar-refractivity contribution in [3.63, 3.8) is 0 Å². The summed E-state index contributed by atoms with van der Waals surface area (Å²) in [4.78, 5) is 16.9. The molecule has 0 unspecified atom stereocenters. The molecule has 1 aromatic rings. The summed E-state index contributed by atoms with van der Waals surface area (Å²) in [6.45, 7) is 7.98. The Hall–Kier alpha value is -1.95. The van der Waals surface area contributed by atoms with Gasteiger partial charge in [0.05, 0.1) is 0 Å². The van der Waals surface area contributed by atoms with Gasteiger partial charge in [-0.1, -0.05) is 18.6 Å². The summed E-state index contributed by atoms with van der Waals surface area (Å²) in [6, 6.07) is 3.69. The maximum Gasteiger partial charge on any atom is 0.271 e. The van der Waals surface area contributed by atoms with Crippen molar-refractivity contribution in [3.05, 3.63) is 29.5 Å². The van der Waals surface area contributed by atoms with Crippen LogP contribution in [0.1, 0.15) is 49.5 Å². The Morgan fingerprint density at radius 1 is 1.16 bits per heavy atom. The first kappa shape index (κ1) is 17.9.